The van der Waals surface area contributed by atoms with Gasteiger partial charge >= 0.3 is 0 Å². The van der Waals surface area contributed by atoms with E-state index < -0.39 is 4.92 Å². The molecule has 0 aliphatic carbocycles. The Balaban J connectivity index is 3.17. The number of benzene rings is 1. The maximum absolute atomic E-state index is 11.1. The molecule has 6 heteroatoms. The van der Waals surface area contributed by atoms with Crippen LogP contribution in [0.5, 0.6) is 0 Å². The number of carbonyl (C=O) groups is 1. The quantitative estimate of drug-likeness (QED) is 0.437. The molecule has 0 fully saturated rings. The van der Waals surface area contributed by atoms with Crippen LogP contribution in [0, 0.1) is 10.1 Å². The summed E-state index contributed by atoms with van der Waals surface area (Å²) in [4.78, 5) is 23.3. The first kappa shape index (κ1) is 15.5. The predicted molar refractivity (Wildman–Crippen MR) is 79.3 cm³/mol. The van der Waals surface area contributed by atoms with E-state index in [1.807, 2.05) is 18.2 Å². The van der Waals surface area contributed by atoms with Crippen LogP contribution in [0.15, 0.2) is 18.2 Å². The van der Waals surface area contributed by atoms with Gasteiger partial charge in [0.05, 0.1) is 4.92 Å². The Morgan fingerprint density at radius 3 is 2.68 bits per heavy atom. The van der Waals surface area contributed by atoms with Crippen molar-refractivity contribution in [3.63, 3.8) is 0 Å². The van der Waals surface area contributed by atoms with Gasteiger partial charge in [0, 0.05) is 30.5 Å². The van der Waals surface area contributed by atoms with Crippen LogP contribution in [-0.2, 0) is 0 Å². The Kier molecular flexibility index (Phi) is 5.82. The van der Waals surface area contributed by atoms with Crippen LogP contribution in [0.1, 0.15) is 23.7 Å². The SMILES string of the molecule is CCC(CSC)N(C)c1ccc(C=O)cc1[N+](=O)[O-]. The normalized spacial score (nSPS) is 11.9. The molecule has 0 amide bonds. The van der Waals surface area contributed by atoms with Gasteiger partial charge in [0.25, 0.3) is 5.69 Å². The average molecular weight is 282 g/mol. The first-order valence-electron chi connectivity index (χ1n) is 6.00. The molecule has 0 saturated heterocycles. The van der Waals surface area contributed by atoms with Crippen molar-refractivity contribution >= 4 is 29.4 Å². The lowest BCUT2D eigenvalue weighted by Crippen LogP contribution is -2.33. The van der Waals surface area contributed by atoms with Crippen molar-refractivity contribution in [1.29, 1.82) is 0 Å². The molecular formula is C13H18N2O3S. The van der Waals surface area contributed by atoms with Crippen LogP contribution < -0.4 is 4.90 Å². The Labute approximate surface area is 117 Å². The number of carbonyl (C=O) groups excluding carboxylic acids is 1. The minimum absolute atomic E-state index is 0.0216. The molecule has 0 N–H and O–H groups in total. The van der Waals surface area contributed by atoms with Gasteiger partial charge in [0.1, 0.15) is 12.0 Å². The minimum atomic E-state index is -0.440. The molecule has 104 valence electrons. The molecule has 1 rings (SSSR count). The Hall–Kier alpha value is -1.56. The second kappa shape index (κ2) is 7.13. The van der Waals surface area contributed by atoms with Crippen molar-refractivity contribution in [2.75, 3.05) is 24.0 Å². The zero-order valence-electron chi connectivity index (χ0n) is 11.3. The van der Waals surface area contributed by atoms with Gasteiger partial charge in [0.15, 0.2) is 0 Å². The van der Waals surface area contributed by atoms with Gasteiger partial charge in [-0.15, -0.1) is 0 Å². The second-order valence-corrected chi connectivity index (χ2v) is 5.16. The highest BCUT2D eigenvalue weighted by atomic mass is 32.2. The molecule has 0 aliphatic rings. The third-order valence-corrected chi connectivity index (χ3v) is 3.81. The van der Waals surface area contributed by atoms with E-state index in [1.54, 1.807) is 23.9 Å². The van der Waals surface area contributed by atoms with E-state index in [-0.39, 0.29) is 11.7 Å². The smallest absolute Gasteiger partial charge is 0.293 e. The molecule has 1 aromatic carbocycles. The third kappa shape index (κ3) is 3.70. The van der Waals surface area contributed by atoms with E-state index in [9.17, 15) is 14.9 Å². The lowest BCUT2D eigenvalue weighted by Gasteiger charge is -2.28. The van der Waals surface area contributed by atoms with Gasteiger partial charge < -0.3 is 4.90 Å². The molecule has 1 atom stereocenters. The molecule has 0 saturated carbocycles. The van der Waals surface area contributed by atoms with Crippen LogP contribution >= 0.6 is 11.8 Å². The molecular weight excluding hydrogens is 264 g/mol. The van der Waals surface area contributed by atoms with E-state index in [4.69, 9.17) is 0 Å². The zero-order chi connectivity index (χ0) is 14.4. The first-order valence-corrected chi connectivity index (χ1v) is 7.39. The largest absolute Gasteiger partial charge is 0.365 e. The van der Waals surface area contributed by atoms with Crippen LogP contribution in [0.4, 0.5) is 11.4 Å². The number of hydrogen-bond donors (Lipinski definition) is 0. The molecule has 5 nitrogen and oxygen atoms in total. The van der Waals surface area contributed by atoms with E-state index >= 15 is 0 Å². The van der Waals surface area contributed by atoms with E-state index in [1.165, 1.54) is 6.07 Å². The fourth-order valence-corrected chi connectivity index (χ4v) is 2.79. The van der Waals surface area contributed by atoms with Crippen molar-refractivity contribution in [3.8, 4) is 0 Å². The molecule has 1 aromatic rings. The van der Waals surface area contributed by atoms with Gasteiger partial charge in [-0.25, -0.2) is 0 Å². The monoisotopic (exact) mass is 282 g/mol. The van der Waals surface area contributed by atoms with Crippen molar-refractivity contribution in [1.82, 2.24) is 0 Å². The lowest BCUT2D eigenvalue weighted by molar-refractivity contribution is -0.384. The van der Waals surface area contributed by atoms with Gasteiger partial charge in [-0.3, -0.25) is 14.9 Å². The summed E-state index contributed by atoms with van der Waals surface area (Å²) in [6.45, 7) is 2.06. The van der Waals surface area contributed by atoms with Crippen LogP contribution in [-0.4, -0.2) is 36.3 Å². The number of thioether (sulfide) groups is 1. The van der Waals surface area contributed by atoms with Crippen molar-refractivity contribution in [2.24, 2.45) is 0 Å². The maximum Gasteiger partial charge on any atom is 0.293 e. The fourth-order valence-electron chi connectivity index (χ4n) is 1.95. The summed E-state index contributed by atoms with van der Waals surface area (Å²) < 4.78 is 0. The number of aldehydes is 1. The van der Waals surface area contributed by atoms with Gasteiger partial charge in [0.2, 0.25) is 0 Å². The summed E-state index contributed by atoms with van der Waals surface area (Å²) in [5.74, 6) is 0.902. The average Bonchev–Trinajstić information content (AvgIpc) is 2.43. The molecule has 19 heavy (non-hydrogen) atoms. The number of anilines is 1. The standard InChI is InChI=1S/C13H18N2O3S/c1-4-11(9-19-3)14(2)12-6-5-10(8-16)7-13(12)15(17)18/h5-8,11H,4,9H2,1-3H3. The van der Waals surface area contributed by atoms with Gasteiger partial charge in [-0.1, -0.05) is 6.92 Å². The van der Waals surface area contributed by atoms with E-state index in [0.29, 0.717) is 17.5 Å². The van der Waals surface area contributed by atoms with Crippen LogP contribution in [0.2, 0.25) is 0 Å². The minimum Gasteiger partial charge on any atom is -0.365 e. The van der Waals surface area contributed by atoms with Crippen molar-refractivity contribution in [2.45, 2.75) is 19.4 Å². The highest BCUT2D eigenvalue weighted by Gasteiger charge is 2.22. The molecule has 0 aliphatic heterocycles. The number of nitro groups is 1. The molecule has 0 radical (unpaired) electrons. The van der Waals surface area contributed by atoms with Gasteiger partial charge in [-0.2, -0.15) is 11.8 Å². The summed E-state index contributed by atoms with van der Waals surface area (Å²) in [5.41, 5.74) is 0.852. The van der Waals surface area contributed by atoms with Gasteiger partial charge in [-0.05, 0) is 24.8 Å². The maximum atomic E-state index is 11.1. The summed E-state index contributed by atoms with van der Waals surface area (Å²) >= 11 is 1.71. The zero-order valence-corrected chi connectivity index (χ0v) is 12.1. The Morgan fingerprint density at radius 1 is 1.53 bits per heavy atom. The van der Waals surface area contributed by atoms with Crippen LogP contribution in [0.3, 0.4) is 0 Å². The number of nitrogens with zero attached hydrogens (tertiary/aromatic N) is 2. The summed E-state index contributed by atoms with van der Waals surface area (Å²) in [5, 5.41) is 11.1. The second-order valence-electron chi connectivity index (χ2n) is 4.25. The molecule has 1 unspecified atom stereocenters. The highest BCUT2D eigenvalue weighted by Crippen LogP contribution is 2.30. The summed E-state index contributed by atoms with van der Waals surface area (Å²) in [7, 11) is 1.85. The number of rotatable bonds is 7. The summed E-state index contributed by atoms with van der Waals surface area (Å²) in [6.07, 6.45) is 3.54. The molecule has 0 heterocycles. The predicted octanol–water partition coefficient (Wildman–Crippen LogP) is 2.99. The van der Waals surface area contributed by atoms with Crippen molar-refractivity contribution in [3.05, 3.63) is 33.9 Å². The van der Waals surface area contributed by atoms with E-state index in [2.05, 4.69) is 6.92 Å². The molecule has 0 bridgehead atoms. The number of hydrogen-bond acceptors (Lipinski definition) is 5. The topological polar surface area (TPSA) is 63.5 Å². The Bertz CT molecular complexity index is 465. The molecule has 0 aromatic heterocycles. The van der Waals surface area contributed by atoms with E-state index in [0.717, 1.165) is 12.2 Å². The summed E-state index contributed by atoms with van der Waals surface area (Å²) in [6, 6.07) is 4.81. The highest BCUT2D eigenvalue weighted by molar-refractivity contribution is 7.98. The molecule has 0 spiro atoms. The number of nitro benzene ring substituents is 1. The van der Waals surface area contributed by atoms with Crippen molar-refractivity contribution < 1.29 is 9.72 Å². The van der Waals surface area contributed by atoms with Crippen LogP contribution in [0.25, 0.3) is 0 Å². The first-order chi connectivity index (χ1) is 9.04. The lowest BCUT2D eigenvalue weighted by atomic mass is 10.1. The third-order valence-electron chi connectivity index (χ3n) is 3.09. The Morgan fingerprint density at radius 2 is 2.21 bits per heavy atom. The fraction of sp³-hybridized carbons (Fsp3) is 0.462.